The lowest BCUT2D eigenvalue weighted by atomic mass is 10.0. The first-order chi connectivity index (χ1) is 12.4. The number of likely N-dealkylation sites (tertiary alicyclic amines) is 1. The quantitative estimate of drug-likeness (QED) is 0.908. The Morgan fingerprint density at radius 1 is 1.15 bits per heavy atom. The number of carbonyl (C=O) groups is 2. The normalized spacial score (nSPS) is 16.6. The molecule has 0 aromatic heterocycles. The molecule has 0 aliphatic carbocycles. The standard InChI is InChI=1S/C19H17F2NO4/c1-26-13-3-5-14(17(21)9-13)11-2-4-15(16(20)8-11)18(23)22-7-6-12(10-22)19(24)25/h2-5,8-9,12H,6-7,10H2,1H3,(H,24,25). The maximum atomic E-state index is 14.5. The highest BCUT2D eigenvalue weighted by Crippen LogP contribution is 2.28. The predicted molar refractivity (Wildman–Crippen MR) is 90.0 cm³/mol. The molecule has 0 spiro atoms. The van der Waals surface area contributed by atoms with Gasteiger partial charge in [-0.05, 0) is 36.2 Å². The van der Waals surface area contributed by atoms with Crippen LogP contribution in [-0.2, 0) is 4.79 Å². The fourth-order valence-electron chi connectivity index (χ4n) is 3.03. The molecule has 1 atom stereocenters. The van der Waals surface area contributed by atoms with E-state index >= 15 is 0 Å². The summed E-state index contributed by atoms with van der Waals surface area (Å²) >= 11 is 0. The largest absolute Gasteiger partial charge is 0.497 e. The molecule has 26 heavy (non-hydrogen) atoms. The monoisotopic (exact) mass is 361 g/mol. The summed E-state index contributed by atoms with van der Waals surface area (Å²) in [5.41, 5.74) is 0.327. The molecule has 1 saturated heterocycles. The van der Waals surface area contributed by atoms with Gasteiger partial charge in [-0.15, -0.1) is 0 Å². The molecule has 136 valence electrons. The molecule has 1 aliphatic heterocycles. The molecule has 1 amide bonds. The van der Waals surface area contributed by atoms with Crippen LogP contribution < -0.4 is 4.74 Å². The van der Waals surface area contributed by atoms with E-state index in [1.807, 2.05) is 0 Å². The first kappa shape index (κ1) is 17.8. The van der Waals surface area contributed by atoms with E-state index in [1.54, 1.807) is 6.07 Å². The van der Waals surface area contributed by atoms with Crippen LogP contribution in [0.4, 0.5) is 8.78 Å². The number of hydrogen-bond donors (Lipinski definition) is 1. The summed E-state index contributed by atoms with van der Waals surface area (Å²) in [5.74, 6) is -3.15. The van der Waals surface area contributed by atoms with Crippen molar-refractivity contribution in [1.82, 2.24) is 4.90 Å². The number of methoxy groups -OCH3 is 1. The van der Waals surface area contributed by atoms with Gasteiger partial charge in [0.1, 0.15) is 17.4 Å². The Labute approximate surface area is 148 Å². The van der Waals surface area contributed by atoms with Gasteiger partial charge in [0.05, 0.1) is 18.6 Å². The van der Waals surface area contributed by atoms with Crippen LogP contribution in [0.3, 0.4) is 0 Å². The number of rotatable bonds is 4. The highest BCUT2D eigenvalue weighted by molar-refractivity contribution is 5.95. The number of ether oxygens (including phenoxy) is 1. The molecule has 0 radical (unpaired) electrons. The van der Waals surface area contributed by atoms with E-state index in [4.69, 9.17) is 9.84 Å². The van der Waals surface area contributed by atoms with Gasteiger partial charge in [0.2, 0.25) is 0 Å². The zero-order valence-corrected chi connectivity index (χ0v) is 14.0. The number of amides is 1. The SMILES string of the molecule is COc1ccc(-c2ccc(C(=O)N3CCC(C(=O)O)C3)c(F)c2)c(F)c1. The van der Waals surface area contributed by atoms with Crippen LogP contribution in [-0.4, -0.2) is 42.1 Å². The Morgan fingerprint density at radius 3 is 2.50 bits per heavy atom. The summed E-state index contributed by atoms with van der Waals surface area (Å²) in [6.07, 6.45) is 0.345. The summed E-state index contributed by atoms with van der Waals surface area (Å²) in [7, 11) is 1.42. The van der Waals surface area contributed by atoms with Crippen molar-refractivity contribution in [3.8, 4) is 16.9 Å². The number of halogens is 2. The Balaban J connectivity index is 1.84. The number of nitrogens with zero attached hydrogens (tertiary/aromatic N) is 1. The fraction of sp³-hybridized carbons (Fsp3) is 0.263. The Bertz CT molecular complexity index is 869. The molecule has 2 aromatic rings. The van der Waals surface area contributed by atoms with Gasteiger partial charge in [-0.1, -0.05) is 6.07 Å². The van der Waals surface area contributed by atoms with Crippen LogP contribution in [0.15, 0.2) is 36.4 Å². The highest BCUT2D eigenvalue weighted by Gasteiger charge is 2.32. The second kappa shape index (κ2) is 7.11. The van der Waals surface area contributed by atoms with Crippen molar-refractivity contribution in [3.05, 3.63) is 53.6 Å². The maximum Gasteiger partial charge on any atom is 0.308 e. The third-order valence-corrected chi connectivity index (χ3v) is 4.51. The highest BCUT2D eigenvalue weighted by atomic mass is 19.1. The smallest absolute Gasteiger partial charge is 0.308 e. The Hall–Kier alpha value is -2.96. The minimum Gasteiger partial charge on any atom is -0.497 e. The van der Waals surface area contributed by atoms with Crippen molar-refractivity contribution >= 4 is 11.9 Å². The van der Waals surface area contributed by atoms with Gasteiger partial charge < -0.3 is 14.7 Å². The summed E-state index contributed by atoms with van der Waals surface area (Å²) in [5, 5.41) is 9.01. The van der Waals surface area contributed by atoms with E-state index in [0.29, 0.717) is 17.7 Å². The molecule has 5 nitrogen and oxygen atoms in total. The lowest BCUT2D eigenvalue weighted by Crippen LogP contribution is -2.30. The fourth-order valence-corrected chi connectivity index (χ4v) is 3.03. The van der Waals surface area contributed by atoms with Crippen molar-refractivity contribution in [2.45, 2.75) is 6.42 Å². The average Bonchev–Trinajstić information content (AvgIpc) is 3.11. The molecule has 3 rings (SSSR count). The molecular weight excluding hydrogens is 344 g/mol. The van der Waals surface area contributed by atoms with Crippen LogP contribution >= 0.6 is 0 Å². The van der Waals surface area contributed by atoms with Crippen LogP contribution in [0, 0.1) is 17.6 Å². The zero-order valence-electron chi connectivity index (χ0n) is 14.0. The van der Waals surface area contributed by atoms with Gasteiger partial charge in [-0.2, -0.15) is 0 Å². The van der Waals surface area contributed by atoms with Crippen molar-refractivity contribution in [2.75, 3.05) is 20.2 Å². The first-order valence-corrected chi connectivity index (χ1v) is 8.06. The number of hydrogen-bond acceptors (Lipinski definition) is 3. The molecule has 1 aliphatic rings. The summed E-state index contributed by atoms with van der Waals surface area (Å²) in [6, 6.07) is 8.09. The summed E-state index contributed by atoms with van der Waals surface area (Å²) in [4.78, 5) is 24.8. The van der Waals surface area contributed by atoms with E-state index in [0.717, 1.165) is 6.07 Å². The van der Waals surface area contributed by atoms with Crippen molar-refractivity contribution < 1.29 is 28.2 Å². The van der Waals surface area contributed by atoms with Crippen LogP contribution in [0.25, 0.3) is 11.1 Å². The van der Waals surface area contributed by atoms with Crippen LogP contribution in [0.5, 0.6) is 5.75 Å². The maximum absolute atomic E-state index is 14.5. The molecule has 1 unspecified atom stereocenters. The van der Waals surface area contributed by atoms with Gasteiger partial charge in [-0.3, -0.25) is 9.59 Å². The molecular formula is C19H17F2NO4. The van der Waals surface area contributed by atoms with Gasteiger partial charge in [0.15, 0.2) is 0 Å². The second-order valence-electron chi connectivity index (χ2n) is 6.12. The van der Waals surface area contributed by atoms with Crippen LogP contribution in [0.1, 0.15) is 16.8 Å². The van der Waals surface area contributed by atoms with Gasteiger partial charge >= 0.3 is 5.97 Å². The molecule has 7 heteroatoms. The van der Waals surface area contributed by atoms with E-state index in [1.165, 1.54) is 36.3 Å². The lowest BCUT2D eigenvalue weighted by Gasteiger charge is -2.16. The molecule has 1 fully saturated rings. The average molecular weight is 361 g/mol. The van der Waals surface area contributed by atoms with Crippen molar-refractivity contribution in [3.63, 3.8) is 0 Å². The van der Waals surface area contributed by atoms with Crippen molar-refractivity contribution in [1.29, 1.82) is 0 Å². The third kappa shape index (κ3) is 3.37. The summed E-state index contributed by atoms with van der Waals surface area (Å²) in [6.45, 7) is 0.326. The van der Waals surface area contributed by atoms with Gasteiger partial charge in [-0.25, -0.2) is 8.78 Å². The van der Waals surface area contributed by atoms with Gasteiger partial charge in [0, 0.05) is 24.7 Å². The van der Waals surface area contributed by atoms with Crippen LogP contribution in [0.2, 0.25) is 0 Å². The van der Waals surface area contributed by atoms with E-state index in [2.05, 4.69) is 0 Å². The van der Waals surface area contributed by atoms with E-state index in [-0.39, 0.29) is 24.2 Å². The Morgan fingerprint density at radius 2 is 1.92 bits per heavy atom. The number of aliphatic carboxylic acids is 1. The molecule has 1 N–H and O–H groups in total. The molecule has 0 bridgehead atoms. The van der Waals surface area contributed by atoms with E-state index < -0.39 is 29.4 Å². The zero-order chi connectivity index (χ0) is 18.8. The molecule has 0 saturated carbocycles. The summed E-state index contributed by atoms with van der Waals surface area (Å²) < 4.78 is 33.5. The molecule has 2 aromatic carbocycles. The van der Waals surface area contributed by atoms with Gasteiger partial charge in [0.25, 0.3) is 5.91 Å². The number of carboxylic acids is 1. The predicted octanol–water partition coefficient (Wildman–Crippen LogP) is 3.19. The second-order valence-corrected chi connectivity index (χ2v) is 6.12. The number of carbonyl (C=O) groups excluding carboxylic acids is 1. The minimum absolute atomic E-state index is 0.0580. The first-order valence-electron chi connectivity index (χ1n) is 8.06. The molecule has 1 heterocycles. The minimum atomic E-state index is -0.967. The number of benzene rings is 2. The van der Waals surface area contributed by atoms with E-state index in [9.17, 15) is 18.4 Å². The lowest BCUT2D eigenvalue weighted by molar-refractivity contribution is -0.141. The number of carboxylic acid groups (broad SMARTS) is 1. The topological polar surface area (TPSA) is 66.8 Å². The van der Waals surface area contributed by atoms with Crippen molar-refractivity contribution in [2.24, 2.45) is 5.92 Å². The Kier molecular flexibility index (Phi) is 4.88. The third-order valence-electron chi connectivity index (χ3n) is 4.51.